The lowest BCUT2D eigenvalue weighted by Gasteiger charge is -2.21. The third-order valence-corrected chi connectivity index (χ3v) is 8.06. The Bertz CT molecular complexity index is 1680. The zero-order valence-electron chi connectivity index (χ0n) is 24.2. The number of rotatable bonds is 14. The van der Waals surface area contributed by atoms with Crippen LogP contribution in [0.4, 0.5) is 5.69 Å². The van der Waals surface area contributed by atoms with Crippen molar-refractivity contribution in [2.24, 2.45) is 5.10 Å². The van der Waals surface area contributed by atoms with Crippen LogP contribution in [0.2, 0.25) is 0 Å². The molecule has 0 unspecified atom stereocenters. The van der Waals surface area contributed by atoms with Crippen molar-refractivity contribution < 1.29 is 32.2 Å². The Kier molecular flexibility index (Phi) is 11.0. The minimum Gasteiger partial charge on any atom is -0.497 e. The number of methoxy groups -OCH3 is 2. The van der Waals surface area contributed by atoms with E-state index in [1.165, 1.54) is 32.6 Å². The molecule has 0 radical (unpaired) electrons. The first-order chi connectivity index (χ1) is 21.3. The third kappa shape index (κ3) is 8.90. The van der Waals surface area contributed by atoms with Gasteiger partial charge in [0.2, 0.25) is 10.0 Å². The SMILES string of the molecule is COc1ccc(S(=O)(=O)N(CC(=O)N/N=C/c2ccc(OCC(=O)Nc3ccccc3OC)cc2)Cc2ccccc2)cc1. The molecule has 228 valence electrons. The van der Waals surface area contributed by atoms with E-state index in [0.29, 0.717) is 28.5 Å². The van der Waals surface area contributed by atoms with E-state index in [2.05, 4.69) is 15.8 Å². The third-order valence-electron chi connectivity index (χ3n) is 6.25. The number of anilines is 1. The lowest BCUT2D eigenvalue weighted by molar-refractivity contribution is -0.121. The number of carbonyl (C=O) groups is 2. The maximum absolute atomic E-state index is 13.4. The van der Waals surface area contributed by atoms with Crippen LogP contribution in [0.1, 0.15) is 11.1 Å². The van der Waals surface area contributed by atoms with E-state index in [-0.39, 0.29) is 24.0 Å². The minimum absolute atomic E-state index is 0.00921. The minimum atomic E-state index is -4.02. The lowest BCUT2D eigenvalue weighted by atomic mass is 10.2. The van der Waals surface area contributed by atoms with Gasteiger partial charge in [0.05, 0.1) is 37.6 Å². The largest absolute Gasteiger partial charge is 0.497 e. The Morgan fingerprint density at radius 2 is 1.45 bits per heavy atom. The molecule has 0 atom stereocenters. The van der Waals surface area contributed by atoms with Crippen LogP contribution in [0.3, 0.4) is 0 Å². The second-order valence-corrected chi connectivity index (χ2v) is 11.3. The molecule has 0 heterocycles. The summed E-state index contributed by atoms with van der Waals surface area (Å²) >= 11 is 0. The number of para-hydroxylation sites is 2. The van der Waals surface area contributed by atoms with Gasteiger partial charge in [0.25, 0.3) is 11.8 Å². The zero-order chi connectivity index (χ0) is 31.4. The first kappa shape index (κ1) is 31.7. The first-order valence-corrected chi connectivity index (χ1v) is 14.9. The fourth-order valence-electron chi connectivity index (χ4n) is 4.02. The van der Waals surface area contributed by atoms with E-state index < -0.39 is 22.5 Å². The summed E-state index contributed by atoms with van der Waals surface area (Å²) in [5.41, 5.74) is 4.29. The smallest absolute Gasteiger partial charge is 0.262 e. The Hall–Kier alpha value is -5.20. The van der Waals surface area contributed by atoms with Crippen LogP contribution in [-0.2, 0) is 26.2 Å². The van der Waals surface area contributed by atoms with Gasteiger partial charge in [0.1, 0.15) is 17.2 Å². The Morgan fingerprint density at radius 3 is 2.14 bits per heavy atom. The van der Waals surface area contributed by atoms with Crippen molar-refractivity contribution in [2.75, 3.05) is 32.7 Å². The van der Waals surface area contributed by atoms with Crippen molar-refractivity contribution in [1.29, 1.82) is 0 Å². The van der Waals surface area contributed by atoms with Crippen molar-refractivity contribution in [3.05, 3.63) is 114 Å². The number of sulfonamides is 1. The summed E-state index contributed by atoms with van der Waals surface area (Å²) in [5.74, 6) is 0.550. The van der Waals surface area contributed by atoms with E-state index in [4.69, 9.17) is 14.2 Å². The number of nitrogens with one attached hydrogen (secondary N) is 2. The van der Waals surface area contributed by atoms with Gasteiger partial charge in [-0.05, 0) is 71.8 Å². The van der Waals surface area contributed by atoms with Gasteiger partial charge in [0.15, 0.2) is 6.61 Å². The highest BCUT2D eigenvalue weighted by Crippen LogP contribution is 2.23. The second kappa shape index (κ2) is 15.3. The van der Waals surface area contributed by atoms with Crippen LogP contribution < -0.4 is 25.0 Å². The van der Waals surface area contributed by atoms with Crippen LogP contribution >= 0.6 is 0 Å². The molecule has 4 aromatic rings. The molecule has 2 amide bonds. The molecule has 4 aromatic carbocycles. The predicted molar refractivity (Wildman–Crippen MR) is 166 cm³/mol. The van der Waals surface area contributed by atoms with Crippen LogP contribution in [0.25, 0.3) is 0 Å². The van der Waals surface area contributed by atoms with Gasteiger partial charge in [-0.2, -0.15) is 9.41 Å². The number of carbonyl (C=O) groups excluding carboxylic acids is 2. The molecule has 4 rings (SSSR count). The van der Waals surface area contributed by atoms with E-state index >= 15 is 0 Å². The fraction of sp³-hybridized carbons (Fsp3) is 0.156. The monoisotopic (exact) mass is 616 g/mol. The average Bonchev–Trinajstić information content (AvgIpc) is 3.05. The zero-order valence-corrected chi connectivity index (χ0v) is 25.0. The molecule has 12 heteroatoms. The number of ether oxygens (including phenoxy) is 3. The Morgan fingerprint density at radius 1 is 0.795 bits per heavy atom. The topological polar surface area (TPSA) is 136 Å². The van der Waals surface area contributed by atoms with E-state index in [1.807, 2.05) is 6.07 Å². The van der Waals surface area contributed by atoms with Gasteiger partial charge in [-0.15, -0.1) is 0 Å². The predicted octanol–water partition coefficient (Wildman–Crippen LogP) is 4.06. The Labute approximate surface area is 256 Å². The molecule has 44 heavy (non-hydrogen) atoms. The van der Waals surface area contributed by atoms with Gasteiger partial charge >= 0.3 is 0 Å². The van der Waals surface area contributed by atoms with Crippen LogP contribution in [0.5, 0.6) is 17.2 Å². The molecule has 0 fully saturated rings. The van der Waals surface area contributed by atoms with Gasteiger partial charge in [0, 0.05) is 6.54 Å². The fourth-order valence-corrected chi connectivity index (χ4v) is 5.40. The summed E-state index contributed by atoms with van der Waals surface area (Å²) in [7, 11) is -1.01. The maximum Gasteiger partial charge on any atom is 0.262 e. The summed E-state index contributed by atoms with van der Waals surface area (Å²) in [6.45, 7) is -0.671. The standard InChI is InChI=1S/C32H32N4O7S/c1-41-26-16-18-28(19-17-26)44(39,40)36(21-25-8-4-3-5-9-25)22-31(37)35-33-20-24-12-14-27(15-13-24)43-23-32(38)34-29-10-6-7-11-30(29)42-2/h3-20H,21-23H2,1-2H3,(H,34,38)(H,35,37)/b33-20+. The molecule has 0 aliphatic carbocycles. The van der Waals surface area contributed by atoms with E-state index in [9.17, 15) is 18.0 Å². The average molecular weight is 617 g/mol. The lowest BCUT2D eigenvalue weighted by Crippen LogP contribution is -2.39. The molecule has 11 nitrogen and oxygen atoms in total. The van der Waals surface area contributed by atoms with Crippen molar-refractivity contribution in [2.45, 2.75) is 11.4 Å². The van der Waals surface area contributed by atoms with E-state index in [0.717, 1.165) is 9.87 Å². The van der Waals surface area contributed by atoms with Gasteiger partial charge in [-0.25, -0.2) is 13.8 Å². The van der Waals surface area contributed by atoms with Gasteiger partial charge < -0.3 is 19.5 Å². The summed E-state index contributed by atoms with van der Waals surface area (Å²) < 4.78 is 43.9. The Balaban J connectivity index is 1.33. The molecule has 0 aromatic heterocycles. The molecule has 0 saturated carbocycles. The van der Waals surface area contributed by atoms with Crippen LogP contribution in [-0.4, -0.2) is 58.1 Å². The van der Waals surface area contributed by atoms with Gasteiger partial charge in [-0.1, -0.05) is 42.5 Å². The molecule has 0 bridgehead atoms. The number of hydrogen-bond donors (Lipinski definition) is 2. The van der Waals surface area contributed by atoms with Crippen LogP contribution in [0.15, 0.2) is 113 Å². The molecular weight excluding hydrogens is 584 g/mol. The van der Waals surface area contributed by atoms with Gasteiger partial charge in [-0.3, -0.25) is 9.59 Å². The second-order valence-electron chi connectivity index (χ2n) is 9.33. The normalized spacial score (nSPS) is 11.2. The molecular formula is C32H32N4O7S. The van der Waals surface area contributed by atoms with Crippen molar-refractivity contribution in [1.82, 2.24) is 9.73 Å². The van der Waals surface area contributed by atoms with Crippen molar-refractivity contribution >= 4 is 33.7 Å². The summed E-state index contributed by atoms with van der Waals surface area (Å²) in [6.07, 6.45) is 1.41. The molecule has 0 aliphatic heterocycles. The first-order valence-electron chi connectivity index (χ1n) is 13.4. The number of nitrogens with zero attached hydrogens (tertiary/aromatic N) is 2. The number of benzene rings is 4. The summed E-state index contributed by atoms with van der Waals surface area (Å²) in [5, 5.41) is 6.70. The maximum atomic E-state index is 13.4. The van der Waals surface area contributed by atoms with Crippen molar-refractivity contribution in [3.63, 3.8) is 0 Å². The van der Waals surface area contributed by atoms with Crippen molar-refractivity contribution in [3.8, 4) is 17.2 Å². The highest BCUT2D eigenvalue weighted by Gasteiger charge is 2.27. The highest BCUT2D eigenvalue weighted by atomic mass is 32.2. The van der Waals surface area contributed by atoms with E-state index in [1.54, 1.807) is 84.9 Å². The highest BCUT2D eigenvalue weighted by molar-refractivity contribution is 7.89. The molecule has 0 saturated heterocycles. The molecule has 0 aliphatic rings. The van der Waals surface area contributed by atoms with Crippen LogP contribution in [0, 0.1) is 0 Å². The number of hydrazone groups is 1. The molecule has 0 spiro atoms. The molecule has 2 N–H and O–H groups in total. The summed E-state index contributed by atoms with van der Waals surface area (Å²) in [4.78, 5) is 25.1. The number of hydrogen-bond acceptors (Lipinski definition) is 8. The summed E-state index contributed by atoms with van der Waals surface area (Å²) in [6, 6.07) is 28.7. The number of amides is 2. The quantitative estimate of drug-likeness (QED) is 0.161.